The number of nitrogens with one attached hydrogen (secondary N) is 2. The number of H-pyrrole nitrogens is 1. The molecule has 6 heteroatoms. The van der Waals surface area contributed by atoms with Crippen LogP contribution in [0.25, 0.3) is 0 Å². The minimum Gasteiger partial charge on any atom is -0.352 e. The van der Waals surface area contributed by atoms with Crippen molar-refractivity contribution in [3.05, 3.63) is 32.7 Å². The third-order valence-corrected chi connectivity index (χ3v) is 5.20. The van der Waals surface area contributed by atoms with E-state index in [1.807, 2.05) is 19.9 Å². The molecule has 6 nitrogen and oxygen atoms in total. The van der Waals surface area contributed by atoms with Crippen LogP contribution >= 0.6 is 0 Å². The van der Waals surface area contributed by atoms with Gasteiger partial charge in [0.05, 0.1) is 0 Å². The molecule has 1 aliphatic heterocycles. The molecule has 2 heterocycles. The molecule has 0 radical (unpaired) electrons. The van der Waals surface area contributed by atoms with Crippen LogP contribution in [0.4, 0.5) is 0 Å². The van der Waals surface area contributed by atoms with Gasteiger partial charge in [-0.25, -0.2) is 0 Å². The summed E-state index contributed by atoms with van der Waals surface area (Å²) in [7, 11) is 0. The van der Waals surface area contributed by atoms with Crippen LogP contribution < -0.4 is 10.9 Å². The molecule has 0 aromatic carbocycles. The third-order valence-electron chi connectivity index (χ3n) is 5.20. The molecule has 0 unspecified atom stereocenters. The van der Waals surface area contributed by atoms with Crippen molar-refractivity contribution in [2.24, 2.45) is 5.92 Å². The SMILES string of the molecule is Cc1[nH]c(=O)c(C#N)c(C)c1CCC(=O)N[C@@H](C)CN1CCC[C@@H](C)C1. The summed E-state index contributed by atoms with van der Waals surface area (Å²) in [4.78, 5) is 29.2. The van der Waals surface area contributed by atoms with E-state index < -0.39 is 0 Å². The number of amides is 1. The summed E-state index contributed by atoms with van der Waals surface area (Å²) < 4.78 is 0. The number of aryl methyl sites for hydroxylation is 1. The molecule has 1 amide bonds. The van der Waals surface area contributed by atoms with Crippen LogP contribution in [0, 0.1) is 31.1 Å². The molecule has 142 valence electrons. The Hall–Kier alpha value is -2.13. The number of carbonyl (C=O) groups excluding carboxylic acids is 1. The van der Waals surface area contributed by atoms with Crippen LogP contribution in [0.5, 0.6) is 0 Å². The third kappa shape index (κ3) is 5.18. The Labute approximate surface area is 155 Å². The maximum absolute atomic E-state index is 12.3. The van der Waals surface area contributed by atoms with E-state index in [1.165, 1.54) is 12.8 Å². The number of nitrogens with zero attached hydrogens (tertiary/aromatic N) is 2. The highest BCUT2D eigenvalue weighted by atomic mass is 16.1. The molecular weight excluding hydrogens is 328 g/mol. The smallest absolute Gasteiger partial charge is 0.266 e. The lowest BCUT2D eigenvalue weighted by Gasteiger charge is -2.32. The maximum Gasteiger partial charge on any atom is 0.266 e. The zero-order valence-corrected chi connectivity index (χ0v) is 16.3. The second-order valence-electron chi connectivity index (χ2n) is 7.65. The van der Waals surface area contributed by atoms with Gasteiger partial charge in [-0.15, -0.1) is 0 Å². The van der Waals surface area contributed by atoms with Crippen molar-refractivity contribution in [2.75, 3.05) is 19.6 Å². The van der Waals surface area contributed by atoms with Gasteiger partial charge in [0.25, 0.3) is 5.56 Å². The highest BCUT2D eigenvalue weighted by molar-refractivity contribution is 5.76. The maximum atomic E-state index is 12.3. The van der Waals surface area contributed by atoms with Crippen LogP contribution in [-0.4, -0.2) is 41.5 Å². The van der Waals surface area contributed by atoms with Crippen molar-refractivity contribution in [1.82, 2.24) is 15.2 Å². The number of piperidine rings is 1. The van der Waals surface area contributed by atoms with E-state index >= 15 is 0 Å². The fourth-order valence-electron chi connectivity index (χ4n) is 3.89. The van der Waals surface area contributed by atoms with Crippen molar-refractivity contribution in [1.29, 1.82) is 5.26 Å². The topological polar surface area (TPSA) is 89.0 Å². The van der Waals surface area contributed by atoms with Crippen LogP contribution in [-0.2, 0) is 11.2 Å². The molecule has 1 aromatic heterocycles. The number of aromatic nitrogens is 1. The van der Waals surface area contributed by atoms with Gasteiger partial charge in [0.1, 0.15) is 11.6 Å². The predicted molar refractivity (Wildman–Crippen MR) is 102 cm³/mol. The predicted octanol–water partition coefficient (Wildman–Crippen LogP) is 2.03. The Morgan fingerprint density at radius 1 is 1.46 bits per heavy atom. The summed E-state index contributed by atoms with van der Waals surface area (Å²) in [5.74, 6) is 0.734. The lowest BCUT2D eigenvalue weighted by molar-refractivity contribution is -0.121. The fourth-order valence-corrected chi connectivity index (χ4v) is 3.89. The van der Waals surface area contributed by atoms with E-state index in [2.05, 4.69) is 22.1 Å². The average molecular weight is 358 g/mol. The Morgan fingerprint density at radius 3 is 2.85 bits per heavy atom. The summed E-state index contributed by atoms with van der Waals surface area (Å²) in [6, 6.07) is 2.06. The molecule has 1 aliphatic rings. The lowest BCUT2D eigenvalue weighted by Crippen LogP contribution is -2.45. The van der Waals surface area contributed by atoms with E-state index in [0.29, 0.717) is 18.4 Å². The Morgan fingerprint density at radius 2 is 2.19 bits per heavy atom. The lowest BCUT2D eigenvalue weighted by atomic mass is 9.99. The van der Waals surface area contributed by atoms with Crippen LogP contribution in [0.15, 0.2) is 4.79 Å². The van der Waals surface area contributed by atoms with E-state index in [9.17, 15) is 9.59 Å². The molecule has 2 atom stereocenters. The van der Waals surface area contributed by atoms with Crippen molar-refractivity contribution < 1.29 is 4.79 Å². The highest BCUT2D eigenvalue weighted by Gasteiger charge is 2.19. The summed E-state index contributed by atoms with van der Waals surface area (Å²) in [5.41, 5.74) is 2.07. The fraction of sp³-hybridized carbons (Fsp3) is 0.650. The molecule has 0 saturated carbocycles. The molecule has 0 aliphatic carbocycles. The van der Waals surface area contributed by atoms with Gasteiger partial charge in [0.2, 0.25) is 5.91 Å². The van der Waals surface area contributed by atoms with E-state index in [0.717, 1.165) is 36.8 Å². The number of hydrogen-bond donors (Lipinski definition) is 2. The number of carbonyl (C=O) groups is 1. The average Bonchev–Trinajstić information content (AvgIpc) is 2.54. The van der Waals surface area contributed by atoms with E-state index in [-0.39, 0.29) is 23.1 Å². The summed E-state index contributed by atoms with van der Waals surface area (Å²) in [5, 5.41) is 12.2. The Balaban J connectivity index is 1.89. The normalized spacial score (nSPS) is 19.0. The quantitative estimate of drug-likeness (QED) is 0.814. The van der Waals surface area contributed by atoms with Gasteiger partial charge in [-0.3, -0.25) is 9.59 Å². The van der Waals surface area contributed by atoms with E-state index in [4.69, 9.17) is 5.26 Å². The molecule has 0 spiro atoms. The Kier molecular flexibility index (Phi) is 6.98. The summed E-state index contributed by atoms with van der Waals surface area (Å²) in [6.07, 6.45) is 3.38. The summed E-state index contributed by atoms with van der Waals surface area (Å²) >= 11 is 0. The van der Waals surface area contributed by atoms with Gasteiger partial charge in [0.15, 0.2) is 0 Å². The first kappa shape index (κ1) is 20.2. The van der Waals surface area contributed by atoms with Crippen molar-refractivity contribution in [3.63, 3.8) is 0 Å². The first-order valence-corrected chi connectivity index (χ1v) is 9.46. The number of pyridine rings is 1. The molecule has 26 heavy (non-hydrogen) atoms. The van der Waals surface area contributed by atoms with Crippen molar-refractivity contribution in [2.45, 2.75) is 59.4 Å². The first-order valence-electron chi connectivity index (χ1n) is 9.46. The molecular formula is C20H30N4O2. The molecule has 1 saturated heterocycles. The van der Waals surface area contributed by atoms with E-state index in [1.54, 1.807) is 6.92 Å². The first-order chi connectivity index (χ1) is 12.3. The standard InChI is InChI=1S/C20H30N4O2/c1-13-6-5-9-24(11-13)12-14(2)22-19(25)8-7-17-15(3)18(10-21)20(26)23-16(17)4/h13-14H,5-9,11-12H2,1-4H3,(H,22,25)(H,23,26)/t13-,14+/m1/s1. The van der Waals surface area contributed by atoms with Gasteiger partial charge >= 0.3 is 0 Å². The zero-order chi connectivity index (χ0) is 19.3. The molecule has 0 bridgehead atoms. The highest BCUT2D eigenvalue weighted by Crippen LogP contribution is 2.16. The number of aromatic amines is 1. The van der Waals surface area contributed by atoms with Gasteiger partial charge in [0, 0.05) is 31.2 Å². The number of hydrogen-bond acceptors (Lipinski definition) is 4. The van der Waals surface area contributed by atoms with Crippen LogP contribution in [0.3, 0.4) is 0 Å². The second-order valence-corrected chi connectivity index (χ2v) is 7.65. The number of nitriles is 1. The summed E-state index contributed by atoms with van der Waals surface area (Å²) in [6.45, 7) is 11.0. The van der Waals surface area contributed by atoms with Crippen molar-refractivity contribution in [3.8, 4) is 6.07 Å². The number of rotatable bonds is 6. The van der Waals surface area contributed by atoms with Crippen LogP contribution in [0.2, 0.25) is 0 Å². The zero-order valence-electron chi connectivity index (χ0n) is 16.3. The monoisotopic (exact) mass is 358 g/mol. The number of likely N-dealkylation sites (tertiary alicyclic amines) is 1. The molecule has 1 fully saturated rings. The Bertz CT molecular complexity index is 747. The molecule has 1 aromatic rings. The van der Waals surface area contributed by atoms with Gasteiger partial charge in [-0.05, 0) is 63.6 Å². The van der Waals surface area contributed by atoms with Gasteiger partial charge in [-0.1, -0.05) is 6.92 Å². The largest absolute Gasteiger partial charge is 0.352 e. The van der Waals surface area contributed by atoms with Gasteiger partial charge < -0.3 is 15.2 Å². The van der Waals surface area contributed by atoms with Gasteiger partial charge in [-0.2, -0.15) is 5.26 Å². The minimum absolute atomic E-state index is 0.00562. The van der Waals surface area contributed by atoms with Crippen molar-refractivity contribution >= 4 is 5.91 Å². The molecule has 2 rings (SSSR count). The minimum atomic E-state index is -0.361. The molecule has 2 N–H and O–H groups in total. The second kappa shape index (κ2) is 9.00. The van der Waals surface area contributed by atoms with Crippen LogP contribution in [0.1, 0.15) is 55.5 Å².